The van der Waals surface area contributed by atoms with E-state index < -0.39 is 17.4 Å². The van der Waals surface area contributed by atoms with Gasteiger partial charge in [0.15, 0.2) is 5.79 Å². The third-order valence-electron chi connectivity index (χ3n) is 2.86. The molecule has 24 heavy (non-hydrogen) atoms. The number of rotatable bonds is 8. The Morgan fingerprint density at radius 2 is 1.62 bits per heavy atom. The van der Waals surface area contributed by atoms with Gasteiger partial charge in [-0.25, -0.2) is 4.39 Å². The summed E-state index contributed by atoms with van der Waals surface area (Å²) in [5.74, 6) is -1.98. The summed E-state index contributed by atoms with van der Waals surface area (Å²) in [5.41, 5.74) is -1.13. The molecular weight excluding hydrogens is 315 g/mol. The van der Waals surface area contributed by atoms with Crippen molar-refractivity contribution in [2.75, 3.05) is 13.6 Å². The van der Waals surface area contributed by atoms with Crippen molar-refractivity contribution in [3.05, 3.63) is 12.3 Å². The average molecular weight is 350 g/mol. The van der Waals surface area contributed by atoms with Crippen LogP contribution < -0.4 is 5.32 Å². The van der Waals surface area contributed by atoms with Gasteiger partial charge in [0, 0.05) is 25.9 Å². The van der Waals surface area contributed by atoms with E-state index in [2.05, 4.69) is 0 Å². The number of hydrogen-bond acceptors (Lipinski definition) is 5. The molecule has 3 N–H and O–H groups in total. The fraction of sp³-hybridized carbons (Fsp3) is 0.765. The van der Waals surface area contributed by atoms with E-state index in [1.807, 2.05) is 33.0 Å². The van der Waals surface area contributed by atoms with Crippen molar-refractivity contribution < 1.29 is 24.2 Å². The lowest BCUT2D eigenvalue weighted by Crippen LogP contribution is -2.27. The van der Waals surface area contributed by atoms with E-state index in [1.165, 1.54) is 26.1 Å². The molecule has 0 aromatic rings. The molecule has 2 amide bonds. The zero-order valence-corrected chi connectivity index (χ0v) is 16.1. The standard InChI is InChI=1S/C12H21FN2O2.C3H8O2.C2H6/c1-4-12(13,5-2)7-9-15(3)8-6-11(17)14-10-16;1-3(2,4)5;1-2/h6,8,10H,4-5,7,9H2,1-3H3,(H,14,16,17);4-5H,1-2H3;1-2H3/b8-6-;;. The summed E-state index contributed by atoms with van der Waals surface area (Å²) >= 11 is 0. The van der Waals surface area contributed by atoms with Gasteiger partial charge in [0.2, 0.25) is 6.41 Å². The van der Waals surface area contributed by atoms with E-state index >= 15 is 0 Å². The van der Waals surface area contributed by atoms with Gasteiger partial charge in [-0.15, -0.1) is 0 Å². The summed E-state index contributed by atoms with van der Waals surface area (Å²) in [7, 11) is 1.76. The Hall–Kier alpha value is -1.47. The van der Waals surface area contributed by atoms with E-state index in [1.54, 1.807) is 11.9 Å². The average Bonchev–Trinajstić information content (AvgIpc) is 2.51. The normalized spacial score (nSPS) is 10.9. The third kappa shape index (κ3) is 22.8. The van der Waals surface area contributed by atoms with E-state index in [-0.39, 0.29) is 0 Å². The maximum atomic E-state index is 14.0. The molecule has 0 aliphatic carbocycles. The Labute approximate surface area is 145 Å². The molecule has 7 heteroatoms. The van der Waals surface area contributed by atoms with Crippen LogP contribution in [0.15, 0.2) is 12.3 Å². The van der Waals surface area contributed by atoms with Gasteiger partial charge in [0.05, 0.1) is 0 Å². The maximum absolute atomic E-state index is 14.0. The van der Waals surface area contributed by atoms with Crippen LogP contribution in [0.2, 0.25) is 0 Å². The number of nitrogens with zero attached hydrogens (tertiary/aromatic N) is 1. The molecule has 0 aliphatic rings. The van der Waals surface area contributed by atoms with Gasteiger partial charge in [-0.2, -0.15) is 0 Å². The molecule has 0 radical (unpaired) electrons. The predicted molar refractivity (Wildman–Crippen MR) is 94.9 cm³/mol. The molecule has 6 nitrogen and oxygen atoms in total. The molecule has 144 valence electrons. The smallest absolute Gasteiger partial charge is 0.251 e. The summed E-state index contributed by atoms with van der Waals surface area (Å²) in [5, 5.41) is 18.1. The Kier molecular flexibility index (Phi) is 17.2. The topological polar surface area (TPSA) is 89.9 Å². The predicted octanol–water partition coefficient (Wildman–Crippen LogP) is 2.36. The van der Waals surface area contributed by atoms with Crippen LogP contribution in [0.1, 0.15) is 60.8 Å². The van der Waals surface area contributed by atoms with Crippen LogP contribution in [0.25, 0.3) is 0 Å². The van der Waals surface area contributed by atoms with Crippen LogP contribution in [0, 0.1) is 0 Å². The first-order valence-corrected chi connectivity index (χ1v) is 8.23. The highest BCUT2D eigenvalue weighted by atomic mass is 19.1. The maximum Gasteiger partial charge on any atom is 0.251 e. The molecule has 0 aromatic heterocycles. The minimum atomic E-state index is -1.50. The molecule has 0 spiro atoms. The molecular formula is C17H35FN2O4. The summed E-state index contributed by atoms with van der Waals surface area (Å²) in [6.45, 7) is 10.8. The molecule has 0 rings (SSSR count). The quantitative estimate of drug-likeness (QED) is 0.355. The first-order valence-electron chi connectivity index (χ1n) is 8.23. The van der Waals surface area contributed by atoms with E-state index in [9.17, 15) is 14.0 Å². The third-order valence-corrected chi connectivity index (χ3v) is 2.86. The van der Waals surface area contributed by atoms with Gasteiger partial charge in [-0.1, -0.05) is 27.7 Å². The number of aliphatic hydroxyl groups is 2. The number of nitrogens with one attached hydrogen (secondary N) is 1. The van der Waals surface area contributed by atoms with Crippen molar-refractivity contribution in [2.45, 2.75) is 72.3 Å². The summed E-state index contributed by atoms with van der Waals surface area (Å²) in [4.78, 5) is 22.6. The Bertz CT molecular complexity index is 345. The highest BCUT2D eigenvalue weighted by Gasteiger charge is 2.24. The van der Waals surface area contributed by atoms with Gasteiger partial charge >= 0.3 is 0 Å². The van der Waals surface area contributed by atoms with Gasteiger partial charge in [0.1, 0.15) is 5.67 Å². The first-order chi connectivity index (χ1) is 11.0. The molecule has 0 saturated carbocycles. The summed E-state index contributed by atoms with van der Waals surface area (Å²) in [6.07, 6.45) is 4.51. The fourth-order valence-corrected chi connectivity index (χ4v) is 1.36. The molecule has 0 bridgehead atoms. The Morgan fingerprint density at radius 3 is 1.96 bits per heavy atom. The number of carbonyl (C=O) groups excluding carboxylic acids is 2. The van der Waals surface area contributed by atoms with E-state index in [4.69, 9.17) is 10.2 Å². The van der Waals surface area contributed by atoms with Crippen molar-refractivity contribution in [2.24, 2.45) is 0 Å². The van der Waals surface area contributed by atoms with Crippen LogP contribution in [0.3, 0.4) is 0 Å². The molecule has 0 heterocycles. The van der Waals surface area contributed by atoms with E-state index in [0.29, 0.717) is 32.2 Å². The monoisotopic (exact) mass is 350 g/mol. The lowest BCUT2D eigenvalue weighted by molar-refractivity contribution is -0.127. The van der Waals surface area contributed by atoms with Gasteiger partial charge < -0.3 is 15.1 Å². The number of imide groups is 1. The van der Waals surface area contributed by atoms with Crippen LogP contribution >= 0.6 is 0 Å². The van der Waals surface area contributed by atoms with Crippen molar-refractivity contribution >= 4 is 12.3 Å². The SMILES string of the molecule is CC.CC(C)(O)O.CCC(F)(CC)CCN(C)/C=C\C(=O)NC=O. The molecule has 0 fully saturated rings. The fourth-order valence-electron chi connectivity index (χ4n) is 1.36. The molecule has 0 atom stereocenters. The molecule has 0 aromatic carbocycles. The van der Waals surface area contributed by atoms with Crippen molar-refractivity contribution in [3.63, 3.8) is 0 Å². The van der Waals surface area contributed by atoms with Gasteiger partial charge in [-0.3, -0.25) is 14.9 Å². The minimum absolute atomic E-state index is 0.327. The van der Waals surface area contributed by atoms with Crippen LogP contribution in [0.4, 0.5) is 4.39 Å². The molecule has 0 aliphatic heterocycles. The number of alkyl halides is 1. The lowest BCUT2D eigenvalue weighted by Gasteiger charge is -2.24. The number of carbonyl (C=O) groups is 2. The second kappa shape index (κ2) is 15.1. The zero-order valence-electron chi connectivity index (χ0n) is 16.1. The van der Waals surface area contributed by atoms with Crippen molar-refractivity contribution in [3.8, 4) is 0 Å². The largest absolute Gasteiger partial charge is 0.380 e. The van der Waals surface area contributed by atoms with Gasteiger partial charge in [0.25, 0.3) is 5.91 Å². The highest BCUT2D eigenvalue weighted by molar-refractivity contribution is 5.94. The van der Waals surface area contributed by atoms with Crippen LogP contribution in [-0.4, -0.2) is 52.5 Å². The highest BCUT2D eigenvalue weighted by Crippen LogP contribution is 2.24. The lowest BCUT2D eigenvalue weighted by atomic mass is 9.95. The van der Waals surface area contributed by atoms with Crippen molar-refractivity contribution in [1.29, 1.82) is 0 Å². The Balaban J connectivity index is -0.000000534. The van der Waals surface area contributed by atoms with E-state index in [0.717, 1.165) is 0 Å². The zero-order chi connectivity index (χ0) is 19.8. The van der Waals surface area contributed by atoms with Gasteiger partial charge in [-0.05, 0) is 33.1 Å². The number of amides is 2. The second-order valence-corrected chi connectivity index (χ2v) is 5.53. The number of halogens is 1. The second-order valence-electron chi connectivity index (χ2n) is 5.53. The summed E-state index contributed by atoms with van der Waals surface area (Å²) in [6, 6.07) is 0. The van der Waals surface area contributed by atoms with Crippen LogP contribution in [-0.2, 0) is 9.59 Å². The minimum Gasteiger partial charge on any atom is -0.380 e. The first kappa shape index (κ1) is 27.4. The van der Waals surface area contributed by atoms with Crippen LogP contribution in [0.5, 0.6) is 0 Å². The van der Waals surface area contributed by atoms with Crippen molar-refractivity contribution in [1.82, 2.24) is 10.2 Å². The molecule has 0 unspecified atom stereocenters. The summed E-state index contributed by atoms with van der Waals surface area (Å²) < 4.78 is 14.0. The number of hydrogen-bond donors (Lipinski definition) is 3. The molecule has 0 saturated heterocycles. The Morgan fingerprint density at radius 1 is 1.21 bits per heavy atom.